The monoisotopic (exact) mass is 364 g/mol. The number of carbonyl (C=O) groups excluding carboxylic acids is 1. The van der Waals surface area contributed by atoms with Crippen molar-refractivity contribution in [2.24, 2.45) is 5.92 Å². The molecule has 1 fully saturated rings. The number of rotatable bonds is 7. The normalized spacial score (nSPS) is 21.6. The number of hydrogen-bond donors (Lipinski definition) is 1. The van der Waals surface area contributed by atoms with Crippen LogP contribution in [0.2, 0.25) is 0 Å². The smallest absolute Gasteiger partial charge is 0.344 e. The fraction of sp³-hybridized carbons (Fsp3) is 0.591. The molecule has 0 radical (unpaired) electrons. The Hall–Kier alpha value is -1.83. The fourth-order valence-electron chi connectivity index (χ4n) is 3.18. The highest BCUT2D eigenvalue weighted by Crippen LogP contribution is 2.40. The van der Waals surface area contributed by atoms with Gasteiger partial charge < -0.3 is 9.84 Å². The molecule has 1 aromatic carbocycles. The van der Waals surface area contributed by atoms with Gasteiger partial charge in [-0.3, -0.25) is 4.90 Å². The van der Waals surface area contributed by atoms with Gasteiger partial charge in [0.15, 0.2) is 12.2 Å². The molecule has 2 rings (SSSR count). The number of carbonyl (C=O) groups is 1. The first-order valence-corrected chi connectivity index (χ1v) is 9.15. The molecule has 1 saturated carbocycles. The predicted molar refractivity (Wildman–Crippen MR) is 103 cm³/mol. The maximum absolute atomic E-state index is 13.2. The van der Waals surface area contributed by atoms with Crippen LogP contribution in [-0.2, 0) is 15.1 Å². The van der Waals surface area contributed by atoms with Crippen molar-refractivity contribution in [1.82, 2.24) is 4.90 Å². The van der Waals surface area contributed by atoms with Gasteiger partial charge in [-0.05, 0) is 31.5 Å². The molecule has 142 valence electrons. The first-order chi connectivity index (χ1) is 15.4. The van der Waals surface area contributed by atoms with Gasteiger partial charge in [0.25, 0.3) is 0 Å². The molecule has 1 N–H and O–H groups in total. The third kappa shape index (κ3) is 5.09. The molecule has 26 heavy (non-hydrogen) atoms. The summed E-state index contributed by atoms with van der Waals surface area (Å²) in [4.78, 5) is 14.7. The lowest BCUT2D eigenvalue weighted by molar-refractivity contribution is -0.174. The lowest BCUT2D eigenvalue weighted by Gasteiger charge is -2.36. The van der Waals surface area contributed by atoms with Crippen LogP contribution in [0.15, 0.2) is 30.2 Å². The SMILES string of the molecule is [2H]c1c([2H])c([2H])c(C(O)(C(=O)OCC#CC([2H])([2H])N(CC)CC)C2CCCCC2)c([2H])c1[2H]. The summed E-state index contributed by atoms with van der Waals surface area (Å²) in [6, 6.07) is -3.18. The van der Waals surface area contributed by atoms with Crippen molar-refractivity contribution in [2.75, 3.05) is 26.2 Å². The number of nitrogens with zero attached hydrogens (tertiary/aromatic N) is 1. The van der Waals surface area contributed by atoms with Crippen LogP contribution < -0.4 is 0 Å². The van der Waals surface area contributed by atoms with E-state index in [1.165, 1.54) is 4.90 Å². The minimum Gasteiger partial charge on any atom is -0.450 e. The molecule has 1 unspecified atom stereocenters. The lowest BCUT2D eigenvalue weighted by atomic mass is 9.73. The highest BCUT2D eigenvalue weighted by molar-refractivity contribution is 5.81. The van der Waals surface area contributed by atoms with Crippen LogP contribution >= 0.6 is 0 Å². The second-order valence-electron chi connectivity index (χ2n) is 6.26. The third-order valence-electron chi connectivity index (χ3n) is 4.73. The Balaban J connectivity index is 2.43. The van der Waals surface area contributed by atoms with E-state index in [4.69, 9.17) is 14.3 Å². The Kier molecular flexibility index (Phi) is 4.99. The van der Waals surface area contributed by atoms with E-state index in [-0.39, 0.29) is 0 Å². The van der Waals surface area contributed by atoms with Crippen LogP contribution in [0, 0.1) is 17.8 Å². The van der Waals surface area contributed by atoms with Crippen molar-refractivity contribution in [3.8, 4) is 11.8 Å². The summed E-state index contributed by atoms with van der Waals surface area (Å²) in [5.41, 5.74) is -2.93. The van der Waals surface area contributed by atoms with Gasteiger partial charge in [-0.1, -0.05) is 75.2 Å². The van der Waals surface area contributed by atoms with Crippen LogP contribution in [0.25, 0.3) is 0 Å². The minimum atomic E-state index is -2.44. The van der Waals surface area contributed by atoms with Crippen molar-refractivity contribution in [3.05, 3.63) is 35.8 Å². The van der Waals surface area contributed by atoms with Crippen molar-refractivity contribution >= 4 is 5.97 Å². The Morgan fingerprint density at radius 2 is 1.92 bits per heavy atom. The van der Waals surface area contributed by atoms with Gasteiger partial charge in [-0.25, -0.2) is 4.79 Å². The second-order valence-corrected chi connectivity index (χ2v) is 6.26. The van der Waals surface area contributed by atoms with Crippen LogP contribution in [0.1, 0.15) is 61.1 Å². The first kappa shape index (κ1) is 12.5. The average Bonchev–Trinajstić information content (AvgIpc) is 2.80. The number of ether oxygens (including phenoxy) is 1. The van der Waals surface area contributed by atoms with Crippen molar-refractivity contribution in [3.63, 3.8) is 0 Å². The van der Waals surface area contributed by atoms with Gasteiger partial charge in [0.2, 0.25) is 0 Å². The van der Waals surface area contributed by atoms with E-state index in [2.05, 4.69) is 11.8 Å². The van der Waals surface area contributed by atoms with Crippen LogP contribution in [0.4, 0.5) is 0 Å². The zero-order chi connectivity index (χ0) is 25.0. The Bertz CT molecular complexity index is 905. The van der Waals surface area contributed by atoms with Crippen molar-refractivity contribution in [1.29, 1.82) is 0 Å². The summed E-state index contributed by atoms with van der Waals surface area (Å²) in [5, 5.41) is 11.6. The van der Waals surface area contributed by atoms with Gasteiger partial charge in [-0.2, -0.15) is 0 Å². The maximum Gasteiger partial charge on any atom is 0.344 e. The summed E-state index contributed by atoms with van der Waals surface area (Å²) in [5.74, 6) is 3.07. The molecule has 1 atom stereocenters. The molecule has 0 saturated heterocycles. The molecule has 0 aromatic heterocycles. The van der Waals surface area contributed by atoms with Gasteiger partial charge in [0.1, 0.15) is 0 Å². The van der Waals surface area contributed by atoms with Crippen LogP contribution in [-0.4, -0.2) is 42.2 Å². The van der Waals surface area contributed by atoms with E-state index in [1.807, 2.05) is 0 Å². The summed E-state index contributed by atoms with van der Waals surface area (Å²) >= 11 is 0. The number of aliphatic hydroxyl groups is 1. The highest BCUT2D eigenvalue weighted by Gasteiger charge is 2.46. The molecule has 1 aliphatic carbocycles. The molecule has 0 aliphatic heterocycles. The molecular weight excluding hydrogens is 326 g/mol. The van der Waals surface area contributed by atoms with E-state index < -0.39 is 66.4 Å². The summed E-state index contributed by atoms with van der Waals surface area (Å²) < 4.78 is 61.5. The number of esters is 1. The van der Waals surface area contributed by atoms with Gasteiger partial charge in [0, 0.05) is 5.92 Å². The largest absolute Gasteiger partial charge is 0.450 e. The molecule has 0 spiro atoms. The lowest BCUT2D eigenvalue weighted by Crippen LogP contribution is -2.45. The second kappa shape index (κ2) is 10.4. The summed E-state index contributed by atoms with van der Waals surface area (Å²) in [7, 11) is 0. The first-order valence-electron chi connectivity index (χ1n) is 12.6. The topological polar surface area (TPSA) is 49.8 Å². The summed E-state index contributed by atoms with van der Waals surface area (Å²) in [6.07, 6.45) is 3.23. The molecule has 4 nitrogen and oxygen atoms in total. The fourth-order valence-corrected chi connectivity index (χ4v) is 3.18. The highest BCUT2D eigenvalue weighted by atomic mass is 16.5. The van der Waals surface area contributed by atoms with E-state index in [0.29, 0.717) is 25.9 Å². The quantitative estimate of drug-likeness (QED) is 0.595. The Labute approximate surface area is 167 Å². The number of benzene rings is 1. The molecular formula is C22H31NO3. The van der Waals surface area contributed by atoms with E-state index >= 15 is 0 Å². The Morgan fingerprint density at radius 3 is 2.54 bits per heavy atom. The predicted octanol–water partition coefficient (Wildman–Crippen LogP) is 3.34. The van der Waals surface area contributed by atoms with Gasteiger partial charge >= 0.3 is 5.97 Å². The van der Waals surface area contributed by atoms with Gasteiger partial charge in [0.05, 0.1) is 16.1 Å². The average molecular weight is 365 g/mol. The number of hydrogen-bond acceptors (Lipinski definition) is 4. The maximum atomic E-state index is 13.2. The molecule has 1 aromatic rings. The molecule has 0 amide bonds. The van der Waals surface area contributed by atoms with Crippen LogP contribution in [0.3, 0.4) is 0 Å². The van der Waals surface area contributed by atoms with Crippen molar-refractivity contribution in [2.45, 2.75) is 51.6 Å². The van der Waals surface area contributed by atoms with E-state index in [1.54, 1.807) is 13.8 Å². The molecule has 1 aliphatic rings. The Morgan fingerprint density at radius 1 is 1.27 bits per heavy atom. The minimum absolute atomic E-state index is 0.434. The van der Waals surface area contributed by atoms with E-state index in [9.17, 15) is 9.90 Å². The zero-order valence-corrected chi connectivity index (χ0v) is 15.4. The van der Waals surface area contributed by atoms with Crippen molar-refractivity contribution < 1.29 is 24.2 Å². The molecule has 0 heterocycles. The zero-order valence-electron chi connectivity index (χ0n) is 22.4. The van der Waals surface area contributed by atoms with E-state index in [0.717, 1.165) is 19.3 Å². The third-order valence-corrected chi connectivity index (χ3v) is 4.73. The molecule has 4 heteroatoms. The van der Waals surface area contributed by atoms with Gasteiger partial charge in [-0.15, -0.1) is 0 Å². The molecule has 0 bridgehead atoms. The standard InChI is InChI=1S/C22H31NO3/c1-3-23(4-2)17-11-12-18-26-21(24)22(25,19-13-7-5-8-14-19)20-15-9-6-10-16-20/h5,7-8,13-14,20,25H,3-4,6,9-10,15-18H2,1-2H3/i5D,7D,8D,13D,14D,17D2. The summed E-state index contributed by atoms with van der Waals surface area (Å²) in [6.45, 7) is 2.04. The van der Waals surface area contributed by atoms with Crippen LogP contribution in [0.5, 0.6) is 0 Å².